The van der Waals surface area contributed by atoms with Gasteiger partial charge < -0.3 is 9.84 Å². The number of aliphatic hydroxyl groups is 1. The van der Waals surface area contributed by atoms with E-state index in [0.29, 0.717) is 5.92 Å². The first-order chi connectivity index (χ1) is 13.0. The van der Waals surface area contributed by atoms with Gasteiger partial charge in [0.05, 0.1) is 19.4 Å². The summed E-state index contributed by atoms with van der Waals surface area (Å²) >= 11 is 0. The van der Waals surface area contributed by atoms with Crippen LogP contribution in [0.25, 0.3) is 0 Å². The van der Waals surface area contributed by atoms with Crippen molar-refractivity contribution in [2.24, 2.45) is 11.3 Å². The summed E-state index contributed by atoms with van der Waals surface area (Å²) in [5, 5.41) is 17.9. The molecular weight excluding hydrogens is 338 g/mol. The molecular formula is C22H33N3O2. The maximum absolute atomic E-state index is 10.2. The summed E-state index contributed by atoms with van der Waals surface area (Å²) in [6.45, 7) is 7.48. The first-order valence-corrected chi connectivity index (χ1v) is 10.0. The van der Waals surface area contributed by atoms with Gasteiger partial charge in [-0.15, -0.1) is 0 Å². The molecule has 0 aliphatic carbocycles. The maximum Gasteiger partial charge on any atom is 0.119 e. The Kier molecular flexibility index (Phi) is 6.55. The highest BCUT2D eigenvalue weighted by Crippen LogP contribution is 2.34. The van der Waals surface area contributed by atoms with Crippen LogP contribution in [0.5, 0.6) is 5.75 Å². The van der Waals surface area contributed by atoms with Crippen molar-refractivity contribution < 1.29 is 9.84 Å². The maximum atomic E-state index is 10.2. The fraction of sp³-hybridized carbons (Fsp3) is 0.591. The van der Waals surface area contributed by atoms with Crippen molar-refractivity contribution in [3.8, 4) is 5.75 Å². The molecule has 0 bridgehead atoms. The predicted molar refractivity (Wildman–Crippen MR) is 108 cm³/mol. The Balaban J connectivity index is 1.66. The van der Waals surface area contributed by atoms with E-state index in [1.54, 1.807) is 7.11 Å². The molecule has 2 aromatic rings. The summed E-state index contributed by atoms with van der Waals surface area (Å²) in [4.78, 5) is 2.45. The van der Waals surface area contributed by atoms with E-state index in [2.05, 4.69) is 47.1 Å². The summed E-state index contributed by atoms with van der Waals surface area (Å²) in [5.74, 6) is 1.49. The van der Waals surface area contributed by atoms with Crippen molar-refractivity contribution in [3.63, 3.8) is 0 Å². The Morgan fingerprint density at radius 3 is 2.93 bits per heavy atom. The van der Waals surface area contributed by atoms with Gasteiger partial charge in [0.25, 0.3) is 0 Å². The number of aromatic nitrogens is 2. The summed E-state index contributed by atoms with van der Waals surface area (Å²) in [6, 6.07) is 10.4. The number of hydrogen-bond donors (Lipinski definition) is 2. The van der Waals surface area contributed by atoms with Crippen LogP contribution in [-0.4, -0.2) is 47.0 Å². The normalized spacial score (nSPS) is 20.9. The van der Waals surface area contributed by atoms with Crippen molar-refractivity contribution >= 4 is 0 Å². The zero-order chi connectivity index (χ0) is 19.3. The Hall–Kier alpha value is -1.85. The Morgan fingerprint density at radius 1 is 1.33 bits per heavy atom. The third-order valence-corrected chi connectivity index (χ3v) is 5.48. The third kappa shape index (κ3) is 5.33. The van der Waals surface area contributed by atoms with Crippen LogP contribution in [0.15, 0.2) is 30.3 Å². The summed E-state index contributed by atoms with van der Waals surface area (Å²) in [7, 11) is 1.70. The number of hydrogen-bond acceptors (Lipinski definition) is 4. The van der Waals surface area contributed by atoms with Gasteiger partial charge in [-0.05, 0) is 61.9 Å². The number of rotatable bonds is 8. The molecule has 5 heteroatoms. The van der Waals surface area contributed by atoms with Crippen molar-refractivity contribution in [2.75, 3.05) is 26.8 Å². The molecule has 5 nitrogen and oxygen atoms in total. The van der Waals surface area contributed by atoms with E-state index in [4.69, 9.17) is 4.74 Å². The molecule has 1 aromatic carbocycles. The Labute approximate surface area is 162 Å². The summed E-state index contributed by atoms with van der Waals surface area (Å²) in [6.07, 6.45) is 4.04. The molecule has 2 N–H and O–H groups in total. The van der Waals surface area contributed by atoms with Crippen molar-refractivity contribution in [3.05, 3.63) is 47.3 Å². The molecule has 1 fully saturated rings. The Bertz CT molecular complexity index is 728. The molecule has 1 aromatic heterocycles. The van der Waals surface area contributed by atoms with Crippen LogP contribution in [0.4, 0.5) is 0 Å². The monoisotopic (exact) mass is 371 g/mol. The number of likely N-dealkylation sites (tertiary alicyclic amines) is 1. The highest BCUT2D eigenvalue weighted by Gasteiger charge is 2.35. The smallest absolute Gasteiger partial charge is 0.119 e. The molecule has 148 valence electrons. The quantitative estimate of drug-likeness (QED) is 0.746. The van der Waals surface area contributed by atoms with Gasteiger partial charge in [-0.25, -0.2) is 0 Å². The molecule has 0 unspecified atom stereocenters. The second-order valence-electron chi connectivity index (χ2n) is 8.48. The molecule has 1 aliphatic rings. The predicted octanol–water partition coefficient (Wildman–Crippen LogP) is 3.43. The van der Waals surface area contributed by atoms with Gasteiger partial charge >= 0.3 is 0 Å². The number of aliphatic hydroxyl groups excluding tert-OH is 1. The molecule has 0 amide bonds. The van der Waals surface area contributed by atoms with Crippen LogP contribution in [-0.2, 0) is 19.4 Å². The first-order valence-electron chi connectivity index (χ1n) is 10.0. The minimum atomic E-state index is -0.0919. The zero-order valence-electron chi connectivity index (χ0n) is 16.9. The van der Waals surface area contributed by atoms with Crippen LogP contribution >= 0.6 is 0 Å². The van der Waals surface area contributed by atoms with Crippen LogP contribution in [0, 0.1) is 11.3 Å². The lowest BCUT2D eigenvalue weighted by Gasteiger charge is -2.42. The van der Waals surface area contributed by atoms with Gasteiger partial charge in [-0.3, -0.25) is 10.00 Å². The number of ether oxygens (including phenoxy) is 1. The van der Waals surface area contributed by atoms with E-state index in [0.717, 1.165) is 56.8 Å². The minimum Gasteiger partial charge on any atom is -0.497 e. The number of nitrogens with zero attached hydrogens (tertiary/aromatic N) is 2. The molecule has 0 radical (unpaired) electrons. The van der Waals surface area contributed by atoms with Crippen LogP contribution in [0.3, 0.4) is 0 Å². The standard InChI is InChI=1S/C22H33N3O2/c1-17(2)10-19-12-20(24-23-19)14-25-9-5-8-22(15-25,16-26)13-18-6-4-7-21(11-18)27-3/h4,6-7,11-12,17,26H,5,8-10,13-16H2,1-3H3,(H,23,24)/t22-/m0/s1. The van der Waals surface area contributed by atoms with Gasteiger partial charge in [0.15, 0.2) is 0 Å². The number of methoxy groups -OCH3 is 1. The highest BCUT2D eigenvalue weighted by atomic mass is 16.5. The second kappa shape index (κ2) is 8.89. The SMILES string of the molecule is COc1cccc(C[C@@]2(CO)CCCN(Cc3cc(CC(C)C)n[nH]3)C2)c1. The molecule has 27 heavy (non-hydrogen) atoms. The van der Waals surface area contributed by atoms with Gasteiger partial charge in [0.2, 0.25) is 0 Å². The molecule has 0 saturated carbocycles. The first kappa shape index (κ1) is 19.9. The number of aromatic amines is 1. The number of H-pyrrole nitrogens is 1. The van der Waals surface area contributed by atoms with E-state index >= 15 is 0 Å². The van der Waals surface area contributed by atoms with Gasteiger partial charge in [-0.2, -0.15) is 5.10 Å². The number of nitrogens with one attached hydrogen (secondary N) is 1. The molecule has 3 rings (SSSR count). The Morgan fingerprint density at radius 2 is 2.19 bits per heavy atom. The lowest BCUT2D eigenvalue weighted by atomic mass is 9.75. The highest BCUT2D eigenvalue weighted by molar-refractivity contribution is 5.29. The van der Waals surface area contributed by atoms with Crippen LogP contribution in [0.2, 0.25) is 0 Å². The molecule has 1 atom stereocenters. The average molecular weight is 372 g/mol. The summed E-state index contributed by atoms with van der Waals surface area (Å²) < 4.78 is 5.36. The van der Waals surface area contributed by atoms with E-state index in [1.165, 1.54) is 11.3 Å². The largest absolute Gasteiger partial charge is 0.497 e. The molecule has 1 aliphatic heterocycles. The lowest BCUT2D eigenvalue weighted by Crippen LogP contribution is -2.46. The van der Waals surface area contributed by atoms with Gasteiger partial charge in [-0.1, -0.05) is 26.0 Å². The number of piperidine rings is 1. The topological polar surface area (TPSA) is 61.4 Å². The van der Waals surface area contributed by atoms with Crippen LogP contribution in [0.1, 0.15) is 43.6 Å². The van der Waals surface area contributed by atoms with Crippen molar-refractivity contribution in [1.82, 2.24) is 15.1 Å². The zero-order valence-corrected chi connectivity index (χ0v) is 16.9. The van der Waals surface area contributed by atoms with E-state index in [-0.39, 0.29) is 12.0 Å². The molecule has 0 spiro atoms. The van der Waals surface area contributed by atoms with Crippen molar-refractivity contribution in [2.45, 2.75) is 46.1 Å². The van der Waals surface area contributed by atoms with Crippen molar-refractivity contribution in [1.29, 1.82) is 0 Å². The lowest BCUT2D eigenvalue weighted by molar-refractivity contribution is 0.0283. The third-order valence-electron chi connectivity index (χ3n) is 5.48. The fourth-order valence-corrected chi connectivity index (χ4v) is 4.24. The van der Waals surface area contributed by atoms with Crippen LogP contribution < -0.4 is 4.74 Å². The second-order valence-corrected chi connectivity index (χ2v) is 8.48. The fourth-order valence-electron chi connectivity index (χ4n) is 4.24. The summed E-state index contributed by atoms with van der Waals surface area (Å²) in [5.41, 5.74) is 3.44. The van der Waals surface area contributed by atoms with Gasteiger partial charge in [0.1, 0.15) is 5.75 Å². The minimum absolute atomic E-state index is 0.0919. The van der Waals surface area contributed by atoms with E-state index in [9.17, 15) is 5.11 Å². The molecule has 2 heterocycles. The van der Waals surface area contributed by atoms with E-state index < -0.39 is 0 Å². The van der Waals surface area contributed by atoms with E-state index in [1.807, 2.05) is 12.1 Å². The average Bonchev–Trinajstić information content (AvgIpc) is 3.08. The van der Waals surface area contributed by atoms with Gasteiger partial charge in [0, 0.05) is 24.2 Å². The number of benzene rings is 1. The molecule has 1 saturated heterocycles.